The number of amides is 2. The zero-order chi connectivity index (χ0) is 26.3. The topological polar surface area (TPSA) is 73.8 Å². The number of carbonyl (C=O) groups excluding carboxylic acids is 2. The number of piperidine rings is 1. The third-order valence-electron chi connectivity index (χ3n) is 7.35. The number of benzene rings is 3. The Hall–Kier alpha value is -3.77. The van der Waals surface area contributed by atoms with Crippen molar-refractivity contribution in [2.75, 3.05) is 25.0 Å². The van der Waals surface area contributed by atoms with Crippen LogP contribution in [0.1, 0.15) is 72.0 Å². The van der Waals surface area contributed by atoms with Crippen LogP contribution in [0.25, 0.3) is 0 Å². The molecule has 2 amide bonds. The van der Waals surface area contributed by atoms with Gasteiger partial charge in [0.25, 0.3) is 5.91 Å². The first kappa shape index (κ1) is 25.9. The van der Waals surface area contributed by atoms with Crippen LogP contribution < -0.4 is 10.6 Å². The Morgan fingerprint density at radius 3 is 2.47 bits per heavy atom. The highest BCUT2D eigenvalue weighted by Gasteiger charge is 2.35. The SMILES string of the molecule is CCCCNC(=O)c1ccc2c(c1)NC(=O)C2C(=Nc1ccc(CN2CCCCC2)cc1)c1ccccc1. The summed E-state index contributed by atoms with van der Waals surface area (Å²) in [6.07, 6.45) is 5.84. The van der Waals surface area contributed by atoms with Crippen LogP contribution in [-0.2, 0) is 11.3 Å². The minimum absolute atomic E-state index is 0.124. The summed E-state index contributed by atoms with van der Waals surface area (Å²) >= 11 is 0. The second-order valence-corrected chi connectivity index (χ2v) is 10.2. The summed E-state index contributed by atoms with van der Waals surface area (Å²) in [5.41, 5.74) is 5.75. The highest BCUT2D eigenvalue weighted by atomic mass is 16.2. The standard InChI is InChI=1S/C32H36N4O2/c1-2-3-18-33-31(37)25-14-17-27-28(21-25)35-32(38)29(27)30(24-10-6-4-7-11-24)34-26-15-12-23(13-16-26)22-36-19-8-5-9-20-36/h4,6-7,10-17,21,29H,2-3,5,8-9,18-20,22H2,1H3,(H,33,37)(H,35,38). The maximum Gasteiger partial charge on any atom is 0.251 e. The Bertz CT molecular complexity index is 1290. The third kappa shape index (κ3) is 6.03. The van der Waals surface area contributed by atoms with Crippen LogP contribution in [-0.4, -0.2) is 42.1 Å². The Labute approximate surface area is 225 Å². The first-order valence-corrected chi connectivity index (χ1v) is 13.8. The minimum atomic E-state index is -0.558. The predicted octanol–water partition coefficient (Wildman–Crippen LogP) is 6.06. The summed E-state index contributed by atoms with van der Waals surface area (Å²) < 4.78 is 0. The number of rotatable bonds is 9. The van der Waals surface area contributed by atoms with Crippen LogP contribution in [0.15, 0.2) is 77.8 Å². The van der Waals surface area contributed by atoms with Gasteiger partial charge in [0.2, 0.25) is 5.91 Å². The number of hydrogen-bond donors (Lipinski definition) is 2. The Kier molecular flexibility index (Phi) is 8.29. The summed E-state index contributed by atoms with van der Waals surface area (Å²) in [5, 5.41) is 5.94. The van der Waals surface area contributed by atoms with E-state index >= 15 is 0 Å². The van der Waals surface area contributed by atoms with Gasteiger partial charge in [-0.2, -0.15) is 0 Å². The zero-order valence-electron chi connectivity index (χ0n) is 22.1. The zero-order valence-corrected chi connectivity index (χ0v) is 22.1. The summed E-state index contributed by atoms with van der Waals surface area (Å²) in [7, 11) is 0. The van der Waals surface area contributed by atoms with Gasteiger partial charge in [-0.25, -0.2) is 0 Å². The van der Waals surface area contributed by atoms with Crippen LogP contribution in [0.4, 0.5) is 11.4 Å². The summed E-state index contributed by atoms with van der Waals surface area (Å²) in [5.74, 6) is -0.814. The molecule has 1 atom stereocenters. The molecule has 0 bridgehead atoms. The normalized spacial score (nSPS) is 17.7. The highest BCUT2D eigenvalue weighted by molar-refractivity contribution is 6.24. The van der Waals surface area contributed by atoms with Crippen molar-refractivity contribution in [2.24, 2.45) is 4.99 Å². The van der Waals surface area contributed by atoms with Gasteiger partial charge in [-0.15, -0.1) is 0 Å². The van der Waals surface area contributed by atoms with E-state index < -0.39 is 5.92 Å². The van der Waals surface area contributed by atoms with Gasteiger partial charge in [-0.1, -0.05) is 68.3 Å². The molecular weight excluding hydrogens is 472 g/mol. The molecule has 0 radical (unpaired) electrons. The summed E-state index contributed by atoms with van der Waals surface area (Å²) in [4.78, 5) is 33.4. The van der Waals surface area contributed by atoms with Crippen LogP contribution in [0.2, 0.25) is 0 Å². The van der Waals surface area contributed by atoms with Crippen molar-refractivity contribution in [1.29, 1.82) is 0 Å². The van der Waals surface area contributed by atoms with E-state index in [-0.39, 0.29) is 11.8 Å². The molecule has 2 aliphatic rings. The van der Waals surface area contributed by atoms with Crippen molar-refractivity contribution < 1.29 is 9.59 Å². The van der Waals surface area contributed by atoms with Crippen molar-refractivity contribution in [3.63, 3.8) is 0 Å². The molecule has 0 spiro atoms. The van der Waals surface area contributed by atoms with Crippen molar-refractivity contribution in [2.45, 2.75) is 51.5 Å². The fourth-order valence-corrected chi connectivity index (χ4v) is 5.25. The van der Waals surface area contributed by atoms with E-state index in [0.717, 1.165) is 49.3 Å². The maximum absolute atomic E-state index is 13.3. The average Bonchev–Trinajstić information content (AvgIpc) is 3.28. The molecule has 3 aromatic carbocycles. The number of anilines is 1. The lowest BCUT2D eigenvalue weighted by molar-refractivity contribution is -0.115. The predicted molar refractivity (Wildman–Crippen MR) is 153 cm³/mol. The number of unbranched alkanes of at least 4 members (excludes halogenated alkanes) is 1. The van der Waals surface area contributed by atoms with E-state index in [4.69, 9.17) is 4.99 Å². The number of likely N-dealkylation sites (tertiary alicyclic amines) is 1. The summed E-state index contributed by atoms with van der Waals surface area (Å²) in [6.45, 7) is 6.02. The first-order valence-electron chi connectivity index (χ1n) is 13.8. The fourth-order valence-electron chi connectivity index (χ4n) is 5.25. The molecule has 1 fully saturated rings. The number of aliphatic imine (C=N–C) groups is 1. The van der Waals surface area contributed by atoms with Gasteiger partial charge in [0.15, 0.2) is 0 Å². The van der Waals surface area contributed by atoms with Gasteiger partial charge < -0.3 is 10.6 Å². The van der Waals surface area contributed by atoms with Gasteiger partial charge in [0.1, 0.15) is 5.92 Å². The molecule has 1 unspecified atom stereocenters. The molecule has 5 rings (SSSR count). The molecule has 3 aromatic rings. The Balaban J connectivity index is 1.42. The molecule has 2 N–H and O–H groups in total. The number of nitrogens with zero attached hydrogens (tertiary/aromatic N) is 2. The van der Waals surface area contributed by atoms with Crippen LogP contribution in [0, 0.1) is 0 Å². The quantitative estimate of drug-likeness (QED) is 0.273. The molecule has 6 nitrogen and oxygen atoms in total. The molecule has 0 saturated carbocycles. The lowest BCUT2D eigenvalue weighted by atomic mass is 9.90. The molecule has 0 aromatic heterocycles. The molecular formula is C32H36N4O2. The van der Waals surface area contributed by atoms with Gasteiger partial charge in [-0.3, -0.25) is 19.5 Å². The van der Waals surface area contributed by atoms with Crippen molar-refractivity contribution in [3.8, 4) is 0 Å². The largest absolute Gasteiger partial charge is 0.352 e. The van der Waals surface area contributed by atoms with E-state index in [1.54, 1.807) is 12.1 Å². The second kappa shape index (κ2) is 12.2. The number of carbonyl (C=O) groups is 2. The van der Waals surface area contributed by atoms with Crippen LogP contribution in [0.5, 0.6) is 0 Å². The summed E-state index contributed by atoms with van der Waals surface area (Å²) in [6, 6.07) is 23.7. The van der Waals surface area contributed by atoms with Crippen LogP contribution in [0.3, 0.4) is 0 Å². The van der Waals surface area contributed by atoms with Crippen molar-refractivity contribution >= 4 is 28.9 Å². The maximum atomic E-state index is 13.3. The number of nitrogens with one attached hydrogen (secondary N) is 2. The van der Waals surface area contributed by atoms with Crippen LogP contribution >= 0.6 is 0 Å². The molecule has 38 heavy (non-hydrogen) atoms. The van der Waals surface area contributed by atoms with Gasteiger partial charge >= 0.3 is 0 Å². The minimum Gasteiger partial charge on any atom is -0.352 e. The molecule has 6 heteroatoms. The van der Waals surface area contributed by atoms with Crippen molar-refractivity contribution in [3.05, 3.63) is 95.1 Å². The van der Waals surface area contributed by atoms with E-state index in [0.29, 0.717) is 23.5 Å². The van der Waals surface area contributed by atoms with E-state index in [1.165, 1.54) is 24.8 Å². The molecule has 0 aliphatic carbocycles. The second-order valence-electron chi connectivity index (χ2n) is 10.2. The molecule has 2 heterocycles. The van der Waals surface area contributed by atoms with Gasteiger partial charge in [-0.05, 0) is 73.3 Å². The molecule has 196 valence electrons. The monoisotopic (exact) mass is 508 g/mol. The van der Waals surface area contributed by atoms with E-state index in [9.17, 15) is 9.59 Å². The number of hydrogen-bond acceptors (Lipinski definition) is 4. The van der Waals surface area contributed by atoms with Gasteiger partial charge in [0.05, 0.1) is 11.4 Å². The lowest BCUT2D eigenvalue weighted by Crippen LogP contribution is -2.28. The molecule has 2 aliphatic heterocycles. The number of fused-ring (bicyclic) bond motifs is 1. The molecule has 1 saturated heterocycles. The Morgan fingerprint density at radius 2 is 1.74 bits per heavy atom. The van der Waals surface area contributed by atoms with Crippen molar-refractivity contribution in [1.82, 2.24) is 10.2 Å². The van der Waals surface area contributed by atoms with Gasteiger partial charge in [0, 0.05) is 24.3 Å². The van der Waals surface area contributed by atoms with E-state index in [2.05, 4.69) is 34.6 Å². The smallest absolute Gasteiger partial charge is 0.251 e. The fraction of sp³-hybridized carbons (Fsp3) is 0.344. The highest BCUT2D eigenvalue weighted by Crippen LogP contribution is 2.37. The van der Waals surface area contributed by atoms with E-state index in [1.807, 2.05) is 48.5 Å². The Morgan fingerprint density at radius 1 is 0.974 bits per heavy atom. The lowest BCUT2D eigenvalue weighted by Gasteiger charge is -2.26. The first-order chi connectivity index (χ1) is 18.6. The third-order valence-corrected chi connectivity index (χ3v) is 7.35. The average molecular weight is 509 g/mol.